The molecule has 0 saturated carbocycles. The molecule has 0 aliphatic heterocycles. The van der Waals surface area contributed by atoms with Gasteiger partial charge in [-0.05, 0) is 49.6 Å². The molecule has 4 heteroatoms. The van der Waals surface area contributed by atoms with E-state index in [1.165, 1.54) is 0 Å². The molecule has 0 aliphatic carbocycles. The molecule has 0 aliphatic rings. The number of hydrogen-bond acceptors (Lipinski definition) is 3. The van der Waals surface area contributed by atoms with Crippen molar-refractivity contribution in [2.75, 3.05) is 11.9 Å². The number of carbonyl (C=O) groups is 2. The van der Waals surface area contributed by atoms with Crippen molar-refractivity contribution in [3.63, 3.8) is 0 Å². The molecule has 0 heterocycles. The molecule has 1 N–H and O–H groups in total. The molecular weight excluding hydrogens is 290 g/mol. The first-order valence-electron chi connectivity index (χ1n) is 7.62. The number of ether oxygens (including phenoxy) is 1. The summed E-state index contributed by atoms with van der Waals surface area (Å²) in [6.07, 6.45) is 0.910. The average molecular weight is 311 g/mol. The van der Waals surface area contributed by atoms with E-state index in [4.69, 9.17) is 4.74 Å². The number of nitrogens with one attached hydrogen (secondary N) is 1. The number of rotatable bonds is 5. The molecule has 1 amide bonds. The summed E-state index contributed by atoms with van der Waals surface area (Å²) in [4.78, 5) is 23.8. The lowest BCUT2D eigenvalue weighted by Gasteiger charge is -2.09. The molecule has 120 valence electrons. The van der Waals surface area contributed by atoms with Gasteiger partial charge in [0.25, 0.3) is 5.91 Å². The van der Waals surface area contributed by atoms with Crippen LogP contribution in [0.2, 0.25) is 0 Å². The molecule has 23 heavy (non-hydrogen) atoms. The highest BCUT2D eigenvalue weighted by atomic mass is 16.5. The molecule has 0 bridgehead atoms. The lowest BCUT2D eigenvalue weighted by Crippen LogP contribution is -2.21. The summed E-state index contributed by atoms with van der Waals surface area (Å²) in [6, 6.07) is 12.9. The van der Waals surface area contributed by atoms with Gasteiger partial charge in [0, 0.05) is 5.69 Å². The van der Waals surface area contributed by atoms with E-state index in [1.807, 2.05) is 51.1 Å². The fraction of sp³-hybridized carbons (Fsp3) is 0.263. The smallest absolute Gasteiger partial charge is 0.338 e. The van der Waals surface area contributed by atoms with Crippen LogP contribution in [0.3, 0.4) is 0 Å². The average Bonchev–Trinajstić information content (AvgIpc) is 2.55. The van der Waals surface area contributed by atoms with Crippen LogP contribution in [0.1, 0.15) is 34.0 Å². The molecule has 0 fully saturated rings. The van der Waals surface area contributed by atoms with Gasteiger partial charge in [-0.3, -0.25) is 4.79 Å². The highest BCUT2D eigenvalue weighted by molar-refractivity contribution is 5.95. The van der Waals surface area contributed by atoms with Crippen molar-refractivity contribution in [1.29, 1.82) is 0 Å². The van der Waals surface area contributed by atoms with E-state index in [9.17, 15) is 9.59 Å². The Bertz CT molecular complexity index is 705. The summed E-state index contributed by atoms with van der Waals surface area (Å²) in [7, 11) is 0. The molecule has 0 atom stereocenters. The largest absolute Gasteiger partial charge is 0.452 e. The van der Waals surface area contributed by atoms with Crippen LogP contribution >= 0.6 is 0 Å². The first-order valence-corrected chi connectivity index (χ1v) is 7.62. The standard InChI is InChI=1S/C19H21NO3/c1-4-15-6-8-16(9-7-15)19(22)23-12-18(21)20-17-10-5-13(2)11-14(17)3/h5-11H,4,12H2,1-3H3,(H,20,21). The van der Waals surface area contributed by atoms with Gasteiger partial charge >= 0.3 is 5.97 Å². The Hall–Kier alpha value is -2.62. The number of aryl methyl sites for hydroxylation is 3. The maximum absolute atomic E-state index is 11.9. The third-order valence-electron chi connectivity index (χ3n) is 3.59. The van der Waals surface area contributed by atoms with E-state index in [1.54, 1.807) is 12.1 Å². The summed E-state index contributed by atoms with van der Waals surface area (Å²) >= 11 is 0. The van der Waals surface area contributed by atoms with Crippen LogP contribution in [-0.2, 0) is 16.0 Å². The van der Waals surface area contributed by atoms with Crippen molar-refractivity contribution >= 4 is 17.6 Å². The third-order valence-corrected chi connectivity index (χ3v) is 3.59. The van der Waals surface area contributed by atoms with Crippen LogP contribution in [0.15, 0.2) is 42.5 Å². The van der Waals surface area contributed by atoms with Crippen LogP contribution in [0.4, 0.5) is 5.69 Å². The summed E-state index contributed by atoms with van der Waals surface area (Å²) in [6.45, 7) is 5.65. The number of anilines is 1. The minimum Gasteiger partial charge on any atom is -0.452 e. The maximum Gasteiger partial charge on any atom is 0.338 e. The van der Waals surface area contributed by atoms with Crippen LogP contribution in [-0.4, -0.2) is 18.5 Å². The van der Waals surface area contributed by atoms with Crippen molar-refractivity contribution in [3.8, 4) is 0 Å². The normalized spacial score (nSPS) is 10.2. The Kier molecular flexibility index (Phi) is 5.52. The topological polar surface area (TPSA) is 55.4 Å². The zero-order valence-corrected chi connectivity index (χ0v) is 13.7. The molecule has 0 saturated heterocycles. The van der Waals surface area contributed by atoms with Crippen LogP contribution < -0.4 is 5.32 Å². The predicted octanol–water partition coefficient (Wildman–Crippen LogP) is 3.66. The fourth-order valence-corrected chi connectivity index (χ4v) is 2.23. The molecule has 0 radical (unpaired) electrons. The zero-order chi connectivity index (χ0) is 16.8. The zero-order valence-electron chi connectivity index (χ0n) is 13.7. The molecule has 2 rings (SSSR count). The Labute approximate surface area is 136 Å². The number of benzene rings is 2. The van der Waals surface area contributed by atoms with Gasteiger partial charge in [0.15, 0.2) is 6.61 Å². The van der Waals surface area contributed by atoms with Crippen LogP contribution in [0.25, 0.3) is 0 Å². The van der Waals surface area contributed by atoms with Crippen molar-refractivity contribution in [2.45, 2.75) is 27.2 Å². The highest BCUT2D eigenvalue weighted by Gasteiger charge is 2.11. The van der Waals surface area contributed by atoms with Gasteiger partial charge < -0.3 is 10.1 Å². The first-order chi connectivity index (χ1) is 11.0. The summed E-state index contributed by atoms with van der Waals surface area (Å²) < 4.78 is 5.05. The van der Waals surface area contributed by atoms with E-state index in [2.05, 4.69) is 5.32 Å². The molecular formula is C19H21NO3. The van der Waals surface area contributed by atoms with E-state index >= 15 is 0 Å². The van der Waals surface area contributed by atoms with Gasteiger partial charge in [0.2, 0.25) is 0 Å². The van der Waals surface area contributed by atoms with Crippen molar-refractivity contribution in [3.05, 3.63) is 64.7 Å². The van der Waals surface area contributed by atoms with Gasteiger partial charge in [0.1, 0.15) is 0 Å². The van der Waals surface area contributed by atoms with Gasteiger partial charge in [-0.2, -0.15) is 0 Å². The second-order valence-electron chi connectivity index (χ2n) is 5.49. The quantitative estimate of drug-likeness (QED) is 0.857. The van der Waals surface area contributed by atoms with E-state index in [-0.39, 0.29) is 12.5 Å². The highest BCUT2D eigenvalue weighted by Crippen LogP contribution is 2.15. The van der Waals surface area contributed by atoms with Gasteiger partial charge in [-0.15, -0.1) is 0 Å². The minimum absolute atomic E-state index is 0.304. The fourth-order valence-electron chi connectivity index (χ4n) is 2.23. The van der Waals surface area contributed by atoms with E-state index in [0.717, 1.165) is 28.8 Å². The number of carbonyl (C=O) groups excluding carboxylic acids is 2. The molecule has 0 aromatic heterocycles. The third kappa shape index (κ3) is 4.68. The molecule has 2 aromatic carbocycles. The molecule has 2 aromatic rings. The molecule has 0 spiro atoms. The summed E-state index contributed by atoms with van der Waals surface area (Å²) in [5.41, 5.74) is 4.42. The second-order valence-corrected chi connectivity index (χ2v) is 5.49. The van der Waals surface area contributed by atoms with Crippen molar-refractivity contribution in [1.82, 2.24) is 0 Å². The number of esters is 1. The second kappa shape index (κ2) is 7.58. The van der Waals surface area contributed by atoms with Crippen LogP contribution in [0, 0.1) is 13.8 Å². The first kappa shape index (κ1) is 16.7. The van der Waals surface area contributed by atoms with Gasteiger partial charge in [0.05, 0.1) is 5.56 Å². The van der Waals surface area contributed by atoms with Crippen LogP contribution in [0.5, 0.6) is 0 Å². The lowest BCUT2D eigenvalue weighted by molar-refractivity contribution is -0.119. The molecule has 0 unspecified atom stereocenters. The summed E-state index contributed by atoms with van der Waals surface area (Å²) in [5.74, 6) is -0.848. The number of hydrogen-bond donors (Lipinski definition) is 1. The van der Waals surface area contributed by atoms with Crippen molar-refractivity contribution in [2.24, 2.45) is 0 Å². The molecule has 4 nitrogen and oxygen atoms in total. The Morgan fingerprint density at radius 1 is 1.04 bits per heavy atom. The number of amides is 1. The summed E-state index contributed by atoms with van der Waals surface area (Å²) in [5, 5.41) is 2.75. The van der Waals surface area contributed by atoms with E-state index < -0.39 is 5.97 Å². The van der Waals surface area contributed by atoms with Crippen molar-refractivity contribution < 1.29 is 14.3 Å². The SMILES string of the molecule is CCc1ccc(C(=O)OCC(=O)Nc2ccc(C)cc2C)cc1. The Morgan fingerprint density at radius 2 is 1.74 bits per heavy atom. The Morgan fingerprint density at radius 3 is 2.35 bits per heavy atom. The van der Waals surface area contributed by atoms with Gasteiger partial charge in [-0.25, -0.2) is 4.79 Å². The predicted molar refractivity (Wildman–Crippen MR) is 90.6 cm³/mol. The minimum atomic E-state index is -0.497. The maximum atomic E-state index is 11.9. The van der Waals surface area contributed by atoms with Gasteiger partial charge in [-0.1, -0.05) is 36.8 Å². The lowest BCUT2D eigenvalue weighted by atomic mass is 10.1. The monoisotopic (exact) mass is 311 g/mol. The Balaban J connectivity index is 1.89. The van der Waals surface area contributed by atoms with E-state index in [0.29, 0.717) is 5.56 Å².